The molecule has 0 bridgehead atoms. The number of aryl methyl sites for hydroxylation is 1. The van der Waals surface area contributed by atoms with Crippen LogP contribution in [-0.4, -0.2) is 21.1 Å². The zero-order valence-corrected chi connectivity index (χ0v) is 19.6. The predicted molar refractivity (Wildman–Crippen MR) is 130 cm³/mol. The molecule has 6 nitrogen and oxygen atoms in total. The van der Waals surface area contributed by atoms with E-state index in [2.05, 4.69) is 22.4 Å². The van der Waals surface area contributed by atoms with Gasteiger partial charge in [0.15, 0.2) is 9.47 Å². The highest BCUT2D eigenvalue weighted by Crippen LogP contribution is 2.34. The summed E-state index contributed by atoms with van der Waals surface area (Å²) in [6.07, 6.45) is 0.852. The Morgan fingerprint density at radius 3 is 2.65 bits per heavy atom. The third-order valence-electron chi connectivity index (χ3n) is 4.43. The highest BCUT2D eigenvalue weighted by Gasteiger charge is 2.20. The average molecular weight is 468 g/mol. The van der Waals surface area contributed by atoms with E-state index in [4.69, 9.17) is 4.98 Å². The molecule has 0 fully saturated rings. The maximum absolute atomic E-state index is 12.4. The van der Waals surface area contributed by atoms with E-state index in [9.17, 15) is 4.79 Å². The summed E-state index contributed by atoms with van der Waals surface area (Å²) in [5, 5.41) is 15.2. The number of hydrogen-bond acceptors (Lipinski definition) is 8. The first-order chi connectivity index (χ1) is 15.1. The molecule has 158 valence electrons. The molecule has 0 aliphatic rings. The molecule has 0 radical (unpaired) electrons. The zero-order valence-electron chi connectivity index (χ0n) is 17.1. The van der Waals surface area contributed by atoms with Gasteiger partial charge in [-0.1, -0.05) is 66.4 Å². The van der Waals surface area contributed by atoms with Crippen LogP contribution in [0.1, 0.15) is 25.1 Å². The number of rotatable bonds is 8. The SMILES string of the molecule is CCc1ccccc1N(C(C)=O)c1nc(CSc2nnc(Nc3ccccc3)s2)cs1. The average Bonchev–Trinajstić information content (AvgIpc) is 3.43. The summed E-state index contributed by atoms with van der Waals surface area (Å²) >= 11 is 4.57. The maximum Gasteiger partial charge on any atom is 0.230 e. The first-order valence-electron chi connectivity index (χ1n) is 9.75. The van der Waals surface area contributed by atoms with Crippen LogP contribution in [-0.2, 0) is 17.0 Å². The Kier molecular flexibility index (Phi) is 6.96. The Labute approximate surface area is 193 Å². The molecular formula is C22H21N5OS3. The molecule has 1 N–H and O–H groups in total. The Hall–Kier alpha value is -2.75. The molecular weight excluding hydrogens is 446 g/mol. The Morgan fingerprint density at radius 1 is 1.10 bits per heavy atom. The van der Waals surface area contributed by atoms with Crippen LogP contribution in [0.5, 0.6) is 0 Å². The standard InChI is InChI=1S/C22H21N5OS3/c1-3-16-9-7-8-12-19(16)27(15(2)28)21-24-18(13-29-21)14-30-22-26-25-20(31-22)23-17-10-5-4-6-11-17/h4-13H,3,14H2,1-2H3,(H,23,25). The first kappa shape index (κ1) is 21.5. The van der Waals surface area contributed by atoms with E-state index in [1.807, 2.05) is 60.0 Å². The third kappa shape index (κ3) is 5.30. The van der Waals surface area contributed by atoms with Gasteiger partial charge in [-0.25, -0.2) is 4.98 Å². The molecule has 4 aromatic rings. The number of aromatic nitrogens is 3. The van der Waals surface area contributed by atoms with E-state index in [1.165, 1.54) is 22.7 Å². The molecule has 9 heteroatoms. The third-order valence-corrected chi connectivity index (χ3v) is 7.31. The van der Waals surface area contributed by atoms with E-state index >= 15 is 0 Å². The lowest BCUT2D eigenvalue weighted by Gasteiger charge is -2.20. The summed E-state index contributed by atoms with van der Waals surface area (Å²) < 4.78 is 0.868. The van der Waals surface area contributed by atoms with Crippen LogP contribution in [0, 0.1) is 0 Å². The smallest absolute Gasteiger partial charge is 0.230 e. The van der Waals surface area contributed by atoms with Crippen molar-refractivity contribution < 1.29 is 4.79 Å². The van der Waals surface area contributed by atoms with Crippen LogP contribution in [0.3, 0.4) is 0 Å². The van der Waals surface area contributed by atoms with Gasteiger partial charge in [0.1, 0.15) is 0 Å². The lowest BCUT2D eigenvalue weighted by atomic mass is 10.1. The number of para-hydroxylation sites is 2. The topological polar surface area (TPSA) is 71.0 Å². The van der Waals surface area contributed by atoms with E-state index in [1.54, 1.807) is 23.6 Å². The molecule has 0 unspecified atom stereocenters. The number of carbonyl (C=O) groups excluding carboxylic acids is 1. The number of amides is 1. The molecule has 2 aromatic carbocycles. The van der Waals surface area contributed by atoms with Crippen molar-refractivity contribution in [3.63, 3.8) is 0 Å². The fourth-order valence-corrected chi connectivity index (χ4v) is 5.65. The number of benzene rings is 2. The van der Waals surface area contributed by atoms with E-state index in [0.717, 1.165) is 38.5 Å². The van der Waals surface area contributed by atoms with Crippen LogP contribution in [0.25, 0.3) is 0 Å². The van der Waals surface area contributed by atoms with Crippen molar-refractivity contribution in [1.82, 2.24) is 15.2 Å². The monoisotopic (exact) mass is 467 g/mol. The summed E-state index contributed by atoms with van der Waals surface area (Å²) in [5.74, 6) is 0.618. The molecule has 0 atom stereocenters. The maximum atomic E-state index is 12.4. The van der Waals surface area contributed by atoms with Gasteiger partial charge >= 0.3 is 0 Å². The summed E-state index contributed by atoms with van der Waals surface area (Å²) in [6, 6.07) is 17.9. The minimum Gasteiger partial charge on any atom is -0.330 e. The minimum absolute atomic E-state index is 0.0461. The van der Waals surface area contributed by atoms with Gasteiger partial charge in [-0.05, 0) is 30.2 Å². The molecule has 2 aromatic heterocycles. The molecule has 0 aliphatic carbocycles. The molecule has 4 rings (SSSR count). The van der Waals surface area contributed by atoms with Gasteiger partial charge in [-0.15, -0.1) is 21.5 Å². The highest BCUT2D eigenvalue weighted by atomic mass is 32.2. The zero-order chi connectivity index (χ0) is 21.6. The number of thioether (sulfide) groups is 1. The Balaban J connectivity index is 1.43. The predicted octanol–water partition coefficient (Wildman–Crippen LogP) is 6.28. The molecule has 0 saturated heterocycles. The van der Waals surface area contributed by atoms with Crippen LogP contribution in [0.15, 0.2) is 64.3 Å². The van der Waals surface area contributed by atoms with Crippen molar-refractivity contribution in [2.24, 2.45) is 0 Å². The van der Waals surface area contributed by atoms with Crippen molar-refractivity contribution in [3.05, 3.63) is 71.2 Å². The van der Waals surface area contributed by atoms with Crippen LogP contribution >= 0.6 is 34.4 Å². The molecule has 31 heavy (non-hydrogen) atoms. The van der Waals surface area contributed by atoms with Gasteiger partial charge in [-0.2, -0.15) is 0 Å². The van der Waals surface area contributed by atoms with Gasteiger partial charge < -0.3 is 5.32 Å². The van der Waals surface area contributed by atoms with E-state index in [0.29, 0.717) is 10.9 Å². The molecule has 0 aliphatic heterocycles. The number of nitrogens with zero attached hydrogens (tertiary/aromatic N) is 4. The summed E-state index contributed by atoms with van der Waals surface area (Å²) in [5.41, 5.74) is 3.91. The summed E-state index contributed by atoms with van der Waals surface area (Å²) in [6.45, 7) is 3.66. The van der Waals surface area contributed by atoms with Crippen molar-refractivity contribution in [1.29, 1.82) is 0 Å². The van der Waals surface area contributed by atoms with E-state index in [-0.39, 0.29) is 5.91 Å². The quantitative estimate of drug-likeness (QED) is 0.308. The highest BCUT2D eigenvalue weighted by molar-refractivity contribution is 8.00. The van der Waals surface area contributed by atoms with Gasteiger partial charge in [0.25, 0.3) is 0 Å². The first-order valence-corrected chi connectivity index (χ1v) is 12.4. The van der Waals surface area contributed by atoms with Crippen molar-refractivity contribution >= 4 is 62.0 Å². The summed E-state index contributed by atoms with van der Waals surface area (Å²) in [4.78, 5) is 18.8. The fourth-order valence-electron chi connectivity index (χ4n) is 3.00. The Bertz CT molecular complexity index is 1160. The lowest BCUT2D eigenvalue weighted by molar-refractivity contribution is -0.115. The molecule has 1 amide bonds. The van der Waals surface area contributed by atoms with Gasteiger partial charge in [0.2, 0.25) is 11.0 Å². The second-order valence-electron chi connectivity index (χ2n) is 6.61. The molecule has 0 spiro atoms. The van der Waals surface area contributed by atoms with Gasteiger partial charge in [0.05, 0.1) is 11.4 Å². The van der Waals surface area contributed by atoms with Crippen LogP contribution < -0.4 is 10.2 Å². The largest absolute Gasteiger partial charge is 0.330 e. The number of thiazole rings is 1. The summed E-state index contributed by atoms with van der Waals surface area (Å²) in [7, 11) is 0. The van der Waals surface area contributed by atoms with Crippen molar-refractivity contribution in [2.75, 3.05) is 10.2 Å². The Morgan fingerprint density at radius 2 is 1.87 bits per heavy atom. The number of carbonyl (C=O) groups is 1. The van der Waals surface area contributed by atoms with Crippen molar-refractivity contribution in [2.45, 2.75) is 30.4 Å². The fraction of sp³-hybridized carbons (Fsp3) is 0.182. The minimum atomic E-state index is -0.0461. The second kappa shape index (κ2) is 10.0. The number of hydrogen-bond donors (Lipinski definition) is 1. The second-order valence-corrected chi connectivity index (χ2v) is 9.65. The number of anilines is 4. The molecule has 0 saturated carbocycles. The van der Waals surface area contributed by atoms with Crippen LogP contribution in [0.4, 0.5) is 21.6 Å². The lowest BCUT2D eigenvalue weighted by Crippen LogP contribution is -2.23. The van der Waals surface area contributed by atoms with Gasteiger partial charge in [-0.3, -0.25) is 9.69 Å². The van der Waals surface area contributed by atoms with E-state index < -0.39 is 0 Å². The van der Waals surface area contributed by atoms with Crippen LogP contribution in [0.2, 0.25) is 0 Å². The number of nitrogens with one attached hydrogen (secondary N) is 1. The molecule has 2 heterocycles. The normalized spacial score (nSPS) is 10.8. The van der Waals surface area contributed by atoms with Crippen molar-refractivity contribution in [3.8, 4) is 0 Å². The van der Waals surface area contributed by atoms with Gasteiger partial charge in [0, 0.05) is 23.7 Å².